The number of ether oxygens (including phenoxy) is 1. The van der Waals surface area contributed by atoms with Gasteiger partial charge in [0.25, 0.3) is 5.91 Å². The van der Waals surface area contributed by atoms with Crippen LogP contribution in [0.1, 0.15) is 36.0 Å². The Hall–Kier alpha value is -1.93. The molecule has 7 nitrogen and oxygen atoms in total. The number of carboxylic acids is 1. The number of hydrogen-bond donors (Lipinski definition) is 2. The summed E-state index contributed by atoms with van der Waals surface area (Å²) < 4.78 is 28.9. The van der Waals surface area contributed by atoms with Crippen molar-refractivity contribution >= 4 is 21.7 Å². The van der Waals surface area contributed by atoms with Gasteiger partial charge in [-0.2, -0.15) is 0 Å². The van der Waals surface area contributed by atoms with Crippen molar-refractivity contribution in [1.82, 2.24) is 5.32 Å². The first-order chi connectivity index (χ1) is 11.8. The second kappa shape index (κ2) is 8.44. The van der Waals surface area contributed by atoms with Gasteiger partial charge in [-0.3, -0.25) is 9.59 Å². The van der Waals surface area contributed by atoms with Gasteiger partial charge in [-0.05, 0) is 49.9 Å². The molecule has 1 aromatic rings. The summed E-state index contributed by atoms with van der Waals surface area (Å²) >= 11 is 0. The monoisotopic (exact) mass is 369 g/mol. The van der Waals surface area contributed by atoms with Crippen LogP contribution in [-0.2, 0) is 19.4 Å². The molecule has 1 aliphatic rings. The van der Waals surface area contributed by atoms with Crippen LogP contribution in [0.2, 0.25) is 0 Å². The molecule has 1 saturated carbocycles. The molecule has 2 N–H and O–H groups in total. The second-order valence-electron chi connectivity index (χ2n) is 6.20. The molecule has 0 aromatic heterocycles. The Kier molecular flexibility index (Phi) is 6.55. The lowest BCUT2D eigenvalue weighted by molar-refractivity contribution is -0.142. The molecule has 0 atom stereocenters. The molecule has 0 bridgehead atoms. The zero-order valence-corrected chi connectivity index (χ0v) is 14.9. The van der Waals surface area contributed by atoms with E-state index in [0.717, 1.165) is 0 Å². The average molecular weight is 369 g/mol. The summed E-state index contributed by atoms with van der Waals surface area (Å²) in [4.78, 5) is 23.4. The zero-order chi connectivity index (χ0) is 18.4. The van der Waals surface area contributed by atoms with E-state index < -0.39 is 15.8 Å². The highest BCUT2D eigenvalue weighted by molar-refractivity contribution is 7.91. The Morgan fingerprint density at radius 2 is 1.76 bits per heavy atom. The van der Waals surface area contributed by atoms with E-state index in [1.807, 2.05) is 0 Å². The van der Waals surface area contributed by atoms with Crippen molar-refractivity contribution in [3.8, 4) is 0 Å². The molecule has 0 spiro atoms. The van der Waals surface area contributed by atoms with E-state index in [2.05, 4.69) is 5.32 Å². The van der Waals surface area contributed by atoms with Crippen LogP contribution in [0, 0.1) is 5.92 Å². The minimum absolute atomic E-state index is 0.0480. The van der Waals surface area contributed by atoms with Crippen LogP contribution in [0.15, 0.2) is 29.2 Å². The van der Waals surface area contributed by atoms with Gasteiger partial charge in [0.05, 0.1) is 23.2 Å². The van der Waals surface area contributed by atoms with Crippen molar-refractivity contribution in [3.05, 3.63) is 29.8 Å². The van der Waals surface area contributed by atoms with E-state index in [1.165, 1.54) is 31.4 Å². The minimum Gasteiger partial charge on any atom is -0.481 e. The SMILES string of the molecule is COCCS(=O)(=O)c1ccc(C(=O)NC2CCC(C(=O)O)CC2)cc1. The maximum absolute atomic E-state index is 12.3. The van der Waals surface area contributed by atoms with Gasteiger partial charge in [0.1, 0.15) is 0 Å². The van der Waals surface area contributed by atoms with Crippen LogP contribution < -0.4 is 5.32 Å². The van der Waals surface area contributed by atoms with Gasteiger partial charge in [0, 0.05) is 18.7 Å². The van der Waals surface area contributed by atoms with Crippen molar-refractivity contribution in [2.24, 2.45) is 5.92 Å². The van der Waals surface area contributed by atoms with E-state index in [0.29, 0.717) is 31.2 Å². The number of amides is 1. The third-order valence-corrected chi connectivity index (χ3v) is 6.14. The standard InChI is InChI=1S/C17H23NO6S/c1-24-10-11-25(22,23)15-8-4-12(5-9-15)16(19)18-14-6-2-13(3-7-14)17(20)21/h4-5,8-9,13-14H,2-3,6-7,10-11H2,1H3,(H,18,19)(H,20,21). The highest BCUT2D eigenvalue weighted by Crippen LogP contribution is 2.24. The highest BCUT2D eigenvalue weighted by atomic mass is 32.2. The molecular formula is C17H23NO6S. The number of carbonyl (C=O) groups is 2. The lowest BCUT2D eigenvalue weighted by Crippen LogP contribution is -2.38. The topological polar surface area (TPSA) is 110 Å². The maximum atomic E-state index is 12.3. The van der Waals surface area contributed by atoms with Crippen molar-refractivity contribution in [1.29, 1.82) is 0 Å². The summed E-state index contributed by atoms with van der Waals surface area (Å²) in [7, 11) is -1.98. The van der Waals surface area contributed by atoms with Crippen LogP contribution in [0.5, 0.6) is 0 Å². The highest BCUT2D eigenvalue weighted by Gasteiger charge is 2.27. The number of carbonyl (C=O) groups excluding carboxylic acids is 1. The van der Waals surface area contributed by atoms with Gasteiger partial charge < -0.3 is 15.2 Å². The molecule has 1 aliphatic carbocycles. The predicted molar refractivity (Wildman–Crippen MR) is 91.2 cm³/mol. The van der Waals surface area contributed by atoms with Crippen molar-refractivity contribution < 1.29 is 27.9 Å². The van der Waals surface area contributed by atoms with E-state index >= 15 is 0 Å². The van der Waals surface area contributed by atoms with E-state index in [9.17, 15) is 18.0 Å². The van der Waals surface area contributed by atoms with Gasteiger partial charge in [-0.25, -0.2) is 8.42 Å². The van der Waals surface area contributed by atoms with E-state index in [-0.39, 0.29) is 35.1 Å². The molecule has 8 heteroatoms. The van der Waals surface area contributed by atoms with Gasteiger partial charge in [-0.1, -0.05) is 0 Å². The fourth-order valence-electron chi connectivity index (χ4n) is 2.88. The number of rotatable bonds is 7. The number of carboxylic acid groups (broad SMARTS) is 1. The Balaban J connectivity index is 1.94. The van der Waals surface area contributed by atoms with Gasteiger partial charge in [0.2, 0.25) is 0 Å². The minimum atomic E-state index is -3.42. The van der Waals surface area contributed by atoms with Crippen LogP contribution >= 0.6 is 0 Å². The van der Waals surface area contributed by atoms with E-state index in [1.54, 1.807) is 0 Å². The average Bonchev–Trinajstić information content (AvgIpc) is 2.60. The quantitative estimate of drug-likeness (QED) is 0.753. The van der Waals surface area contributed by atoms with Crippen LogP contribution in [0.25, 0.3) is 0 Å². The molecule has 25 heavy (non-hydrogen) atoms. The molecule has 0 unspecified atom stereocenters. The largest absolute Gasteiger partial charge is 0.481 e. The molecular weight excluding hydrogens is 346 g/mol. The Labute approximate surface area is 147 Å². The number of aliphatic carboxylic acids is 1. The smallest absolute Gasteiger partial charge is 0.306 e. The number of hydrogen-bond acceptors (Lipinski definition) is 5. The van der Waals surface area contributed by atoms with Crippen molar-refractivity contribution in [2.45, 2.75) is 36.6 Å². The summed E-state index contributed by atoms with van der Waals surface area (Å²) in [5, 5.41) is 11.9. The summed E-state index contributed by atoms with van der Waals surface area (Å²) in [6.07, 6.45) is 2.37. The second-order valence-corrected chi connectivity index (χ2v) is 8.31. The third kappa shape index (κ3) is 5.27. The van der Waals surface area contributed by atoms with Crippen LogP contribution in [0.4, 0.5) is 0 Å². The first-order valence-corrected chi connectivity index (χ1v) is 9.84. The summed E-state index contributed by atoms with van der Waals surface area (Å²) in [5.41, 5.74) is 0.381. The lowest BCUT2D eigenvalue weighted by Gasteiger charge is -2.26. The Morgan fingerprint density at radius 3 is 2.28 bits per heavy atom. The maximum Gasteiger partial charge on any atom is 0.306 e. The van der Waals surface area contributed by atoms with Crippen LogP contribution in [-0.4, -0.2) is 50.9 Å². The molecule has 1 fully saturated rings. The fourth-order valence-corrected chi connectivity index (χ4v) is 4.05. The number of sulfone groups is 1. The molecule has 0 saturated heterocycles. The molecule has 2 rings (SSSR count). The van der Waals surface area contributed by atoms with E-state index in [4.69, 9.17) is 9.84 Å². The lowest BCUT2D eigenvalue weighted by atomic mass is 9.86. The summed E-state index contributed by atoms with van der Waals surface area (Å²) in [6.45, 7) is 0.115. The van der Waals surface area contributed by atoms with Gasteiger partial charge in [0.15, 0.2) is 9.84 Å². The first kappa shape index (κ1) is 19.4. The molecule has 0 radical (unpaired) electrons. The van der Waals surface area contributed by atoms with Crippen molar-refractivity contribution in [3.63, 3.8) is 0 Å². The fraction of sp³-hybridized carbons (Fsp3) is 0.529. The third-order valence-electron chi connectivity index (χ3n) is 4.44. The molecule has 0 heterocycles. The molecule has 1 amide bonds. The Morgan fingerprint density at radius 1 is 1.16 bits per heavy atom. The summed E-state index contributed by atoms with van der Waals surface area (Å²) in [5.74, 6) is -1.50. The normalized spacial score (nSPS) is 20.8. The zero-order valence-electron chi connectivity index (χ0n) is 14.1. The number of methoxy groups -OCH3 is 1. The van der Waals surface area contributed by atoms with Crippen LogP contribution in [0.3, 0.4) is 0 Å². The van der Waals surface area contributed by atoms with Crippen molar-refractivity contribution in [2.75, 3.05) is 19.5 Å². The van der Waals surface area contributed by atoms with Gasteiger partial charge >= 0.3 is 5.97 Å². The Bertz CT molecular complexity index is 705. The first-order valence-electron chi connectivity index (χ1n) is 8.19. The molecule has 0 aliphatic heterocycles. The number of nitrogens with one attached hydrogen (secondary N) is 1. The van der Waals surface area contributed by atoms with Gasteiger partial charge in [-0.15, -0.1) is 0 Å². The molecule has 138 valence electrons. The molecule has 1 aromatic carbocycles. The summed E-state index contributed by atoms with van der Waals surface area (Å²) in [6, 6.07) is 5.76. The number of benzene rings is 1. The predicted octanol–water partition coefficient (Wildman–Crippen LogP) is 1.48.